The molecule has 4 rings (SSSR count). The fraction of sp³-hybridized carbons (Fsp3) is 0.455. The predicted octanol–water partition coefficient (Wildman–Crippen LogP) is 2.77. The molecule has 3 heterocycles. The van der Waals surface area contributed by atoms with Crippen LogP contribution in [0.5, 0.6) is 0 Å². The van der Waals surface area contributed by atoms with Crippen LogP contribution in [0.3, 0.4) is 0 Å². The van der Waals surface area contributed by atoms with Crippen molar-refractivity contribution in [3.63, 3.8) is 0 Å². The highest BCUT2D eigenvalue weighted by molar-refractivity contribution is 5.80. The molecule has 27 heavy (non-hydrogen) atoms. The normalized spacial score (nSPS) is 20.6. The van der Waals surface area contributed by atoms with Crippen molar-refractivity contribution in [2.45, 2.75) is 32.0 Å². The van der Waals surface area contributed by atoms with Crippen molar-refractivity contribution < 1.29 is 14.3 Å². The van der Waals surface area contributed by atoms with Crippen LogP contribution in [0.1, 0.15) is 23.1 Å². The van der Waals surface area contributed by atoms with Crippen LogP contribution in [0, 0.1) is 12.8 Å². The maximum absolute atomic E-state index is 12.6. The number of rotatable bonds is 6. The summed E-state index contributed by atoms with van der Waals surface area (Å²) >= 11 is 0. The molecule has 5 nitrogen and oxygen atoms in total. The third-order valence-corrected chi connectivity index (χ3v) is 5.66. The summed E-state index contributed by atoms with van der Waals surface area (Å²) in [5, 5.41) is 0. The Hall–Kier alpha value is -2.24. The molecule has 5 heteroatoms. The molecule has 1 amide bonds. The van der Waals surface area contributed by atoms with Crippen molar-refractivity contribution >= 4 is 5.91 Å². The molecule has 0 N–H and O–H groups in total. The number of nitrogens with zero attached hydrogens (tertiary/aromatic N) is 2. The molecule has 2 aliphatic rings. The first kappa shape index (κ1) is 18.1. The zero-order valence-corrected chi connectivity index (χ0v) is 15.8. The van der Waals surface area contributed by atoms with E-state index in [2.05, 4.69) is 24.0 Å². The lowest BCUT2D eigenvalue weighted by Crippen LogP contribution is -2.66. The van der Waals surface area contributed by atoms with E-state index >= 15 is 0 Å². The molecular weight excluding hydrogens is 340 g/mol. The first-order valence-corrected chi connectivity index (χ1v) is 9.59. The number of hydrogen-bond donors (Lipinski definition) is 0. The van der Waals surface area contributed by atoms with Gasteiger partial charge in [-0.2, -0.15) is 0 Å². The minimum absolute atomic E-state index is 0.176. The zero-order chi connectivity index (χ0) is 18.7. The Labute approximate surface area is 160 Å². The van der Waals surface area contributed by atoms with E-state index in [1.165, 1.54) is 5.56 Å². The van der Waals surface area contributed by atoms with Crippen molar-refractivity contribution in [2.24, 2.45) is 5.92 Å². The molecule has 1 aromatic heterocycles. The molecule has 0 unspecified atom stereocenters. The average molecular weight is 366 g/mol. The van der Waals surface area contributed by atoms with Gasteiger partial charge in [0.15, 0.2) is 0 Å². The van der Waals surface area contributed by atoms with E-state index < -0.39 is 0 Å². The number of benzene rings is 1. The lowest BCUT2D eigenvalue weighted by molar-refractivity contribution is -0.168. The third kappa shape index (κ3) is 4.04. The van der Waals surface area contributed by atoms with Gasteiger partial charge in [0.1, 0.15) is 5.60 Å². The summed E-state index contributed by atoms with van der Waals surface area (Å²) < 4.78 is 12.0. The zero-order valence-electron chi connectivity index (χ0n) is 15.8. The fourth-order valence-electron chi connectivity index (χ4n) is 3.94. The van der Waals surface area contributed by atoms with Crippen LogP contribution < -0.4 is 0 Å². The Morgan fingerprint density at radius 1 is 1.26 bits per heavy atom. The summed E-state index contributed by atoms with van der Waals surface area (Å²) in [5.41, 5.74) is 3.14. The lowest BCUT2D eigenvalue weighted by atomic mass is 9.81. The number of likely N-dealkylation sites (tertiary alicyclic amines) is 1. The standard InChI is InChI=1S/C22H26N2O3/c1-17-4-6-18(7-5-17)11-21(25)24-15-22(16-24)20(8-10-27-22)14-26-13-19-3-2-9-23-12-19/h2-7,9,12,20H,8,10-11,13-16H2,1H3/t20-/m0/s1. The minimum atomic E-state index is -0.210. The monoisotopic (exact) mass is 366 g/mol. The van der Waals surface area contributed by atoms with Crippen LogP contribution in [-0.4, -0.2) is 47.7 Å². The highest BCUT2D eigenvalue weighted by atomic mass is 16.5. The van der Waals surface area contributed by atoms with E-state index in [1.807, 2.05) is 35.4 Å². The molecule has 2 aromatic rings. The van der Waals surface area contributed by atoms with Crippen LogP contribution in [0.2, 0.25) is 0 Å². The smallest absolute Gasteiger partial charge is 0.227 e. The van der Waals surface area contributed by atoms with Crippen molar-refractivity contribution in [3.05, 3.63) is 65.5 Å². The van der Waals surface area contributed by atoms with Gasteiger partial charge in [0.05, 0.1) is 32.7 Å². The van der Waals surface area contributed by atoms with E-state index in [-0.39, 0.29) is 11.5 Å². The molecule has 2 aliphatic heterocycles. The molecule has 1 spiro atoms. The van der Waals surface area contributed by atoms with E-state index in [1.54, 1.807) is 6.20 Å². The Bertz CT molecular complexity index is 770. The van der Waals surface area contributed by atoms with Crippen molar-refractivity contribution in [1.29, 1.82) is 0 Å². The SMILES string of the molecule is Cc1ccc(CC(=O)N2CC3(C2)OCC[C@H]3COCc2cccnc2)cc1. The van der Waals surface area contributed by atoms with E-state index in [4.69, 9.17) is 9.47 Å². The Morgan fingerprint density at radius 2 is 2.07 bits per heavy atom. The van der Waals surface area contributed by atoms with Crippen molar-refractivity contribution in [1.82, 2.24) is 9.88 Å². The van der Waals surface area contributed by atoms with Gasteiger partial charge < -0.3 is 14.4 Å². The number of amides is 1. The number of hydrogen-bond acceptors (Lipinski definition) is 4. The Kier molecular flexibility index (Phi) is 5.23. The fourth-order valence-corrected chi connectivity index (χ4v) is 3.94. The molecule has 2 fully saturated rings. The molecule has 1 aromatic carbocycles. The summed E-state index contributed by atoms with van der Waals surface area (Å²) in [4.78, 5) is 18.6. The number of aromatic nitrogens is 1. The quantitative estimate of drug-likeness (QED) is 0.789. The number of ether oxygens (including phenoxy) is 2. The Balaban J connectivity index is 1.27. The Morgan fingerprint density at radius 3 is 2.81 bits per heavy atom. The molecule has 2 saturated heterocycles. The summed E-state index contributed by atoms with van der Waals surface area (Å²) in [6.45, 7) is 5.39. The van der Waals surface area contributed by atoms with Gasteiger partial charge in [-0.1, -0.05) is 35.9 Å². The highest BCUT2D eigenvalue weighted by Gasteiger charge is 2.54. The lowest BCUT2D eigenvalue weighted by Gasteiger charge is -2.50. The van der Waals surface area contributed by atoms with E-state index in [9.17, 15) is 4.79 Å². The summed E-state index contributed by atoms with van der Waals surface area (Å²) in [6.07, 6.45) is 5.04. The second-order valence-corrected chi connectivity index (χ2v) is 7.69. The molecule has 0 bridgehead atoms. The van der Waals surface area contributed by atoms with Gasteiger partial charge in [0.2, 0.25) is 5.91 Å². The number of aryl methyl sites for hydroxylation is 1. The van der Waals surface area contributed by atoms with Gasteiger partial charge in [-0.25, -0.2) is 0 Å². The topological polar surface area (TPSA) is 51.7 Å². The number of carbonyl (C=O) groups is 1. The van der Waals surface area contributed by atoms with Crippen molar-refractivity contribution in [3.8, 4) is 0 Å². The summed E-state index contributed by atoms with van der Waals surface area (Å²) in [5.74, 6) is 0.521. The highest BCUT2D eigenvalue weighted by Crippen LogP contribution is 2.40. The van der Waals surface area contributed by atoms with Crippen LogP contribution in [0.25, 0.3) is 0 Å². The summed E-state index contributed by atoms with van der Waals surface area (Å²) in [6, 6.07) is 12.1. The van der Waals surface area contributed by atoms with Gasteiger partial charge in [-0.3, -0.25) is 9.78 Å². The van der Waals surface area contributed by atoms with Crippen LogP contribution >= 0.6 is 0 Å². The maximum Gasteiger partial charge on any atom is 0.227 e. The largest absolute Gasteiger partial charge is 0.376 e. The van der Waals surface area contributed by atoms with Gasteiger partial charge in [-0.05, 0) is 30.5 Å². The molecule has 1 atom stereocenters. The summed E-state index contributed by atoms with van der Waals surface area (Å²) in [7, 11) is 0. The first-order chi connectivity index (χ1) is 13.1. The van der Waals surface area contributed by atoms with Gasteiger partial charge in [-0.15, -0.1) is 0 Å². The van der Waals surface area contributed by atoms with Gasteiger partial charge in [0.25, 0.3) is 0 Å². The van der Waals surface area contributed by atoms with E-state index in [0.29, 0.717) is 38.6 Å². The molecule has 142 valence electrons. The van der Waals surface area contributed by atoms with Crippen LogP contribution in [0.15, 0.2) is 48.8 Å². The number of pyridine rings is 1. The molecule has 0 aliphatic carbocycles. The van der Waals surface area contributed by atoms with Crippen LogP contribution in [-0.2, 0) is 27.3 Å². The van der Waals surface area contributed by atoms with Crippen molar-refractivity contribution in [2.75, 3.05) is 26.3 Å². The third-order valence-electron chi connectivity index (χ3n) is 5.66. The second-order valence-electron chi connectivity index (χ2n) is 7.69. The molecule has 0 radical (unpaired) electrons. The first-order valence-electron chi connectivity index (χ1n) is 9.59. The van der Waals surface area contributed by atoms with Crippen LogP contribution in [0.4, 0.5) is 0 Å². The predicted molar refractivity (Wildman–Crippen MR) is 102 cm³/mol. The van der Waals surface area contributed by atoms with Gasteiger partial charge >= 0.3 is 0 Å². The maximum atomic E-state index is 12.6. The average Bonchev–Trinajstić information content (AvgIpc) is 3.07. The number of carbonyl (C=O) groups excluding carboxylic acids is 1. The van der Waals surface area contributed by atoms with Gasteiger partial charge in [0, 0.05) is 24.9 Å². The second kappa shape index (κ2) is 7.79. The molecule has 0 saturated carbocycles. The molecular formula is C22H26N2O3. The van der Waals surface area contributed by atoms with E-state index in [0.717, 1.165) is 24.2 Å². The minimum Gasteiger partial charge on any atom is -0.376 e.